The average Bonchev–Trinajstić information content (AvgIpc) is 3.27. The van der Waals surface area contributed by atoms with Crippen molar-refractivity contribution in [1.29, 1.82) is 0 Å². The predicted molar refractivity (Wildman–Crippen MR) is 169 cm³/mol. The number of primary amides is 1. The highest BCUT2D eigenvalue weighted by Gasteiger charge is 2.36. The van der Waals surface area contributed by atoms with Crippen LogP contribution in [0.15, 0.2) is 30.3 Å². The number of aromatic nitrogens is 1. The number of hydrogen-bond donors (Lipinski definition) is 3. The van der Waals surface area contributed by atoms with E-state index in [0.29, 0.717) is 72.8 Å². The zero-order valence-corrected chi connectivity index (χ0v) is 26.1. The number of nitrogens with two attached hydrogens (primary N) is 1. The Kier molecular flexibility index (Phi) is 9.11. The van der Waals surface area contributed by atoms with Crippen LogP contribution in [0.4, 0.5) is 14.5 Å². The van der Waals surface area contributed by atoms with E-state index in [1.165, 1.54) is 18.2 Å². The lowest BCUT2D eigenvalue weighted by Crippen LogP contribution is -2.39. The molecule has 0 atom stereocenters. The summed E-state index contributed by atoms with van der Waals surface area (Å²) >= 11 is 0. The van der Waals surface area contributed by atoms with Gasteiger partial charge in [0.15, 0.2) is 0 Å². The number of hydrogen-bond acceptors (Lipinski definition) is 5. The van der Waals surface area contributed by atoms with Gasteiger partial charge in [-0.2, -0.15) is 0 Å². The highest BCUT2D eigenvalue weighted by atomic mass is 19.1. The van der Waals surface area contributed by atoms with Crippen LogP contribution < -0.4 is 16.4 Å². The van der Waals surface area contributed by atoms with Crippen LogP contribution in [0.25, 0.3) is 22.0 Å². The van der Waals surface area contributed by atoms with Crippen LogP contribution in [0, 0.1) is 23.0 Å². The number of fused-ring (bicyclic) bond motifs is 3. The SMILES string of the molecule is CCN(CC)CCNC(=O)C1CCC(Nc2cc(-c3c4n(c5cc(F)ccc35)C(=O)CC(C)(C)C4)cc(F)c2C(N)=O)CC1. The van der Waals surface area contributed by atoms with E-state index in [4.69, 9.17) is 5.73 Å². The molecule has 5 rings (SSSR count). The molecule has 1 fully saturated rings. The fourth-order valence-corrected chi connectivity index (χ4v) is 6.95. The first-order valence-electron chi connectivity index (χ1n) is 15.7. The van der Waals surface area contributed by atoms with Gasteiger partial charge in [0, 0.05) is 48.1 Å². The molecule has 0 bridgehead atoms. The second-order valence-corrected chi connectivity index (χ2v) is 13.0. The lowest BCUT2D eigenvalue weighted by molar-refractivity contribution is -0.126. The molecule has 44 heavy (non-hydrogen) atoms. The molecule has 236 valence electrons. The van der Waals surface area contributed by atoms with Gasteiger partial charge in [-0.25, -0.2) is 8.78 Å². The van der Waals surface area contributed by atoms with Crippen molar-refractivity contribution in [2.24, 2.45) is 17.1 Å². The maximum absolute atomic E-state index is 15.7. The summed E-state index contributed by atoms with van der Waals surface area (Å²) in [7, 11) is 0. The van der Waals surface area contributed by atoms with Gasteiger partial charge < -0.3 is 21.3 Å². The number of nitrogens with zero attached hydrogens (tertiary/aromatic N) is 2. The number of nitrogens with one attached hydrogen (secondary N) is 2. The highest BCUT2D eigenvalue weighted by molar-refractivity contribution is 6.06. The third-order valence-corrected chi connectivity index (χ3v) is 9.26. The van der Waals surface area contributed by atoms with E-state index in [-0.39, 0.29) is 40.4 Å². The monoisotopic (exact) mass is 607 g/mol. The summed E-state index contributed by atoms with van der Waals surface area (Å²) in [5.74, 6) is -2.30. The van der Waals surface area contributed by atoms with E-state index in [2.05, 4.69) is 29.4 Å². The topological polar surface area (TPSA) is 109 Å². The van der Waals surface area contributed by atoms with Crippen molar-refractivity contribution in [2.45, 2.75) is 72.3 Å². The van der Waals surface area contributed by atoms with Crippen LogP contribution in [0.1, 0.15) is 80.6 Å². The molecular weight excluding hydrogens is 564 g/mol. The Morgan fingerprint density at radius 3 is 2.41 bits per heavy atom. The quantitative estimate of drug-likeness (QED) is 0.273. The van der Waals surface area contributed by atoms with E-state index in [1.54, 1.807) is 16.7 Å². The van der Waals surface area contributed by atoms with Gasteiger partial charge >= 0.3 is 0 Å². The number of benzene rings is 2. The molecule has 4 N–H and O–H groups in total. The highest BCUT2D eigenvalue weighted by Crippen LogP contribution is 2.44. The van der Waals surface area contributed by atoms with Gasteiger partial charge in [0.1, 0.15) is 11.6 Å². The molecule has 1 aliphatic carbocycles. The van der Waals surface area contributed by atoms with Crippen molar-refractivity contribution in [3.8, 4) is 11.1 Å². The van der Waals surface area contributed by atoms with E-state index >= 15 is 4.39 Å². The maximum Gasteiger partial charge on any atom is 0.253 e. The van der Waals surface area contributed by atoms with Crippen molar-refractivity contribution in [1.82, 2.24) is 14.8 Å². The molecule has 0 saturated heterocycles. The molecule has 2 aromatic carbocycles. The zero-order valence-electron chi connectivity index (χ0n) is 26.1. The number of likely N-dealkylation sites (N-methyl/N-ethyl adjacent to an activating group) is 1. The average molecular weight is 608 g/mol. The molecule has 8 nitrogen and oxygen atoms in total. The summed E-state index contributed by atoms with van der Waals surface area (Å²) in [5.41, 5.74) is 7.61. The van der Waals surface area contributed by atoms with Gasteiger partial charge in [-0.05, 0) is 86.5 Å². The van der Waals surface area contributed by atoms with Crippen molar-refractivity contribution in [2.75, 3.05) is 31.5 Å². The third-order valence-electron chi connectivity index (χ3n) is 9.26. The number of carbonyl (C=O) groups is 3. The van der Waals surface area contributed by atoms with E-state index in [1.807, 2.05) is 13.8 Å². The summed E-state index contributed by atoms with van der Waals surface area (Å²) in [6.07, 6.45) is 3.52. The summed E-state index contributed by atoms with van der Waals surface area (Å²) in [6.45, 7) is 11.5. The van der Waals surface area contributed by atoms with Gasteiger partial charge in [0.05, 0.1) is 16.8 Å². The minimum absolute atomic E-state index is 0.0562. The molecule has 1 aliphatic heterocycles. The number of anilines is 1. The predicted octanol–water partition coefficient (Wildman–Crippen LogP) is 5.73. The van der Waals surface area contributed by atoms with Crippen molar-refractivity contribution in [3.63, 3.8) is 0 Å². The first-order valence-corrected chi connectivity index (χ1v) is 15.7. The first kappa shape index (κ1) is 31.6. The van der Waals surface area contributed by atoms with E-state index in [0.717, 1.165) is 19.6 Å². The molecule has 1 saturated carbocycles. The standard InChI is InChI=1S/C34H43F2N5O3/c1-5-40(6-2)14-13-38-33(44)20-7-10-23(11-8-20)39-26-16-21(15-25(36)31(26)32(37)43)30-24-12-9-22(35)17-27(24)41-28(30)18-34(3,4)19-29(41)42/h9,12,15-17,20,23,39H,5-8,10-11,13-14,18-19H2,1-4H3,(H2,37,43)(H,38,44). The van der Waals surface area contributed by atoms with Crippen LogP contribution in [0.5, 0.6) is 0 Å². The van der Waals surface area contributed by atoms with Crippen LogP contribution in [-0.2, 0) is 11.2 Å². The van der Waals surface area contributed by atoms with Crippen LogP contribution in [-0.4, -0.2) is 59.4 Å². The minimum atomic E-state index is -0.889. The Balaban J connectivity index is 1.42. The number of halogens is 2. The van der Waals surface area contributed by atoms with E-state index < -0.39 is 17.5 Å². The maximum atomic E-state index is 15.7. The van der Waals surface area contributed by atoms with E-state index in [9.17, 15) is 18.8 Å². The van der Waals surface area contributed by atoms with Gasteiger partial charge in [-0.1, -0.05) is 27.7 Å². The van der Waals surface area contributed by atoms with Gasteiger partial charge in [0.2, 0.25) is 11.8 Å². The summed E-state index contributed by atoms with van der Waals surface area (Å²) in [5, 5.41) is 7.05. The zero-order chi connectivity index (χ0) is 31.8. The molecule has 10 heteroatoms. The number of carbonyl (C=O) groups excluding carboxylic acids is 3. The third kappa shape index (κ3) is 6.36. The second kappa shape index (κ2) is 12.7. The fourth-order valence-electron chi connectivity index (χ4n) is 6.95. The van der Waals surface area contributed by atoms with Gasteiger partial charge in [-0.3, -0.25) is 19.0 Å². The van der Waals surface area contributed by atoms with Crippen LogP contribution in [0.2, 0.25) is 0 Å². The van der Waals surface area contributed by atoms with Crippen molar-refractivity contribution in [3.05, 3.63) is 53.2 Å². The Morgan fingerprint density at radius 2 is 1.75 bits per heavy atom. The lowest BCUT2D eigenvalue weighted by Gasteiger charge is -2.31. The Bertz CT molecular complexity index is 1590. The second-order valence-electron chi connectivity index (χ2n) is 13.0. The molecule has 3 aromatic rings. The fraction of sp³-hybridized carbons (Fsp3) is 0.500. The smallest absolute Gasteiger partial charge is 0.253 e. The molecule has 0 unspecified atom stereocenters. The molecule has 2 aliphatic rings. The first-order chi connectivity index (χ1) is 20.9. The van der Waals surface area contributed by atoms with Crippen LogP contribution in [0.3, 0.4) is 0 Å². The Morgan fingerprint density at radius 1 is 1.05 bits per heavy atom. The summed E-state index contributed by atoms with van der Waals surface area (Å²) in [4.78, 5) is 40.7. The largest absolute Gasteiger partial charge is 0.382 e. The van der Waals surface area contributed by atoms with Gasteiger partial charge in [-0.15, -0.1) is 0 Å². The normalized spacial score (nSPS) is 19.7. The lowest BCUT2D eigenvalue weighted by atomic mass is 9.80. The van der Waals surface area contributed by atoms with Gasteiger partial charge in [0.25, 0.3) is 5.91 Å². The van der Waals surface area contributed by atoms with Crippen molar-refractivity contribution < 1.29 is 23.2 Å². The summed E-state index contributed by atoms with van der Waals surface area (Å²) in [6, 6.07) is 7.18. The Hall–Kier alpha value is -3.79. The Labute approximate surface area is 257 Å². The molecule has 2 amide bonds. The molecule has 1 aromatic heterocycles. The number of rotatable bonds is 10. The molecular formula is C34H43F2N5O3. The molecule has 0 radical (unpaired) electrons. The molecule has 0 spiro atoms. The number of amides is 2. The minimum Gasteiger partial charge on any atom is -0.382 e. The van der Waals surface area contributed by atoms with Crippen molar-refractivity contribution >= 4 is 34.3 Å². The van der Waals surface area contributed by atoms with Crippen LogP contribution >= 0.6 is 0 Å². The summed E-state index contributed by atoms with van der Waals surface area (Å²) < 4.78 is 31.6. The molecule has 2 heterocycles.